The van der Waals surface area contributed by atoms with E-state index in [1.54, 1.807) is 0 Å². The maximum absolute atomic E-state index is 11.5. The zero-order chi connectivity index (χ0) is 11.3. The zero-order valence-corrected chi connectivity index (χ0v) is 9.16. The van der Waals surface area contributed by atoms with Gasteiger partial charge in [0.2, 0.25) is 0 Å². The summed E-state index contributed by atoms with van der Waals surface area (Å²) in [5, 5.41) is 11.9. The van der Waals surface area contributed by atoms with Crippen LogP contribution in [0.2, 0.25) is 0 Å². The van der Waals surface area contributed by atoms with E-state index < -0.39 is 0 Å². The highest BCUT2D eigenvalue weighted by Gasteiger charge is 2.11. The van der Waals surface area contributed by atoms with E-state index in [2.05, 4.69) is 10.3 Å². The lowest BCUT2D eigenvalue weighted by atomic mass is 10.2. The lowest BCUT2D eigenvalue weighted by molar-refractivity contribution is 0.0950. The largest absolute Gasteiger partial charge is 0.505 e. The molecule has 2 N–H and O–H groups in total. The van der Waals surface area contributed by atoms with E-state index in [0.29, 0.717) is 6.54 Å². The number of hydrogen-bond acceptors (Lipinski definition) is 3. The van der Waals surface area contributed by atoms with Crippen LogP contribution in [-0.2, 0) is 0 Å². The molecule has 1 aromatic heterocycles. The average molecular weight is 229 g/mol. The van der Waals surface area contributed by atoms with Crippen molar-refractivity contribution >= 4 is 17.5 Å². The van der Waals surface area contributed by atoms with Gasteiger partial charge in [0.05, 0.1) is 17.1 Å². The van der Waals surface area contributed by atoms with E-state index >= 15 is 0 Å². The van der Waals surface area contributed by atoms with Crippen LogP contribution in [-0.4, -0.2) is 27.9 Å². The molecule has 4 nitrogen and oxygen atoms in total. The predicted molar refractivity (Wildman–Crippen MR) is 58.2 cm³/mol. The molecule has 82 valence electrons. The van der Waals surface area contributed by atoms with Crippen molar-refractivity contribution in [2.75, 3.05) is 6.54 Å². The van der Waals surface area contributed by atoms with Crippen molar-refractivity contribution in [1.82, 2.24) is 10.3 Å². The van der Waals surface area contributed by atoms with Crippen molar-refractivity contribution in [3.63, 3.8) is 0 Å². The van der Waals surface area contributed by atoms with Crippen LogP contribution in [0.25, 0.3) is 0 Å². The fourth-order valence-electron chi connectivity index (χ4n) is 1.02. The van der Waals surface area contributed by atoms with Crippen LogP contribution in [0, 0.1) is 0 Å². The third-order valence-corrected chi connectivity index (χ3v) is 2.43. The average Bonchev–Trinajstić information content (AvgIpc) is 2.26. The smallest absolute Gasteiger partial charge is 0.255 e. The monoisotopic (exact) mass is 228 g/mol. The quantitative estimate of drug-likeness (QED) is 0.769. The molecule has 0 saturated heterocycles. The molecule has 1 rings (SSSR count). The van der Waals surface area contributed by atoms with Crippen molar-refractivity contribution in [1.29, 1.82) is 0 Å². The first-order chi connectivity index (χ1) is 7.15. The molecule has 1 aromatic rings. The minimum Gasteiger partial charge on any atom is -0.505 e. The van der Waals surface area contributed by atoms with Crippen molar-refractivity contribution in [2.45, 2.75) is 18.7 Å². The third kappa shape index (κ3) is 3.40. The fourth-order valence-corrected chi connectivity index (χ4v) is 1.10. The van der Waals surface area contributed by atoms with Crippen molar-refractivity contribution in [3.05, 3.63) is 24.0 Å². The van der Waals surface area contributed by atoms with Gasteiger partial charge in [-0.25, -0.2) is 0 Å². The van der Waals surface area contributed by atoms with Crippen LogP contribution >= 0.6 is 11.6 Å². The van der Waals surface area contributed by atoms with Crippen LogP contribution in [0.3, 0.4) is 0 Å². The summed E-state index contributed by atoms with van der Waals surface area (Å²) in [5.41, 5.74) is 0.213. The molecule has 0 spiro atoms. The molecule has 0 bridgehead atoms. The van der Waals surface area contributed by atoms with Gasteiger partial charge in [-0.1, -0.05) is 6.92 Å². The third-order valence-electron chi connectivity index (χ3n) is 1.97. The summed E-state index contributed by atoms with van der Waals surface area (Å²) in [7, 11) is 0. The highest BCUT2D eigenvalue weighted by molar-refractivity contribution is 6.20. The number of halogens is 1. The first-order valence-corrected chi connectivity index (χ1v) is 5.14. The molecule has 0 fully saturated rings. The number of rotatable bonds is 4. The Labute approximate surface area is 93.3 Å². The van der Waals surface area contributed by atoms with Crippen LogP contribution in [0.15, 0.2) is 18.5 Å². The van der Waals surface area contributed by atoms with Gasteiger partial charge in [0.1, 0.15) is 5.75 Å². The second kappa shape index (κ2) is 5.56. The Morgan fingerprint density at radius 3 is 3.07 bits per heavy atom. The van der Waals surface area contributed by atoms with Gasteiger partial charge in [0, 0.05) is 12.7 Å². The van der Waals surface area contributed by atoms with E-state index in [1.165, 1.54) is 18.5 Å². The Kier molecular flexibility index (Phi) is 4.37. The first kappa shape index (κ1) is 11.8. The predicted octanol–water partition coefficient (Wildman–Crippen LogP) is 1.53. The van der Waals surface area contributed by atoms with Crippen molar-refractivity contribution in [3.8, 4) is 5.75 Å². The number of carbonyl (C=O) groups excluding carboxylic acids is 1. The minimum atomic E-state index is -0.339. The summed E-state index contributed by atoms with van der Waals surface area (Å²) in [6.45, 7) is 2.33. The first-order valence-electron chi connectivity index (χ1n) is 4.70. The lowest BCUT2D eigenvalue weighted by Crippen LogP contribution is -2.29. The minimum absolute atomic E-state index is 0.0852. The Bertz CT molecular complexity index is 344. The summed E-state index contributed by atoms with van der Waals surface area (Å²) in [6.07, 6.45) is 3.46. The lowest BCUT2D eigenvalue weighted by Gasteiger charge is -2.09. The Balaban J connectivity index is 2.58. The summed E-state index contributed by atoms with van der Waals surface area (Å²) >= 11 is 5.85. The Morgan fingerprint density at radius 1 is 1.73 bits per heavy atom. The van der Waals surface area contributed by atoms with Gasteiger partial charge in [0.25, 0.3) is 5.91 Å². The van der Waals surface area contributed by atoms with Gasteiger partial charge < -0.3 is 10.4 Å². The highest BCUT2D eigenvalue weighted by atomic mass is 35.5. The van der Waals surface area contributed by atoms with Gasteiger partial charge in [-0.05, 0) is 12.5 Å². The topological polar surface area (TPSA) is 62.2 Å². The molecular formula is C10H13ClN2O2. The molecule has 0 aliphatic carbocycles. The molecule has 0 aliphatic rings. The molecule has 1 unspecified atom stereocenters. The molecular weight excluding hydrogens is 216 g/mol. The number of amides is 1. The number of hydrogen-bond donors (Lipinski definition) is 2. The van der Waals surface area contributed by atoms with Crippen LogP contribution in [0.4, 0.5) is 0 Å². The van der Waals surface area contributed by atoms with E-state index in [1.807, 2.05) is 6.92 Å². The van der Waals surface area contributed by atoms with Crippen molar-refractivity contribution in [2.24, 2.45) is 0 Å². The van der Waals surface area contributed by atoms with E-state index in [9.17, 15) is 9.90 Å². The molecule has 1 heterocycles. The number of alkyl halides is 1. The fraction of sp³-hybridized carbons (Fsp3) is 0.400. The van der Waals surface area contributed by atoms with Gasteiger partial charge in [-0.3, -0.25) is 9.78 Å². The number of nitrogens with one attached hydrogen (secondary N) is 1. The number of aromatic nitrogens is 1. The van der Waals surface area contributed by atoms with E-state index in [4.69, 9.17) is 11.6 Å². The number of aromatic hydroxyl groups is 1. The molecule has 1 atom stereocenters. The second-order valence-corrected chi connectivity index (χ2v) is 3.73. The summed E-state index contributed by atoms with van der Waals surface area (Å²) in [6, 6.07) is 1.46. The summed E-state index contributed by atoms with van der Waals surface area (Å²) < 4.78 is 0. The summed E-state index contributed by atoms with van der Waals surface area (Å²) in [5.74, 6) is -0.466. The van der Waals surface area contributed by atoms with Crippen LogP contribution in [0.5, 0.6) is 5.75 Å². The number of pyridine rings is 1. The van der Waals surface area contributed by atoms with Gasteiger partial charge in [0.15, 0.2) is 0 Å². The molecule has 0 aliphatic heterocycles. The Morgan fingerprint density at radius 2 is 2.47 bits per heavy atom. The molecule has 5 heteroatoms. The molecule has 1 amide bonds. The number of nitrogens with zero attached hydrogens (tertiary/aromatic N) is 1. The molecule has 0 radical (unpaired) electrons. The standard InChI is InChI=1S/C10H13ClN2O2/c1-2-7(11)5-13-10(15)8-3-4-12-6-9(8)14/h3-4,6-7,14H,2,5H2,1H3,(H,13,15). The SMILES string of the molecule is CCC(Cl)CNC(=O)c1ccncc1O. The molecule has 0 aromatic carbocycles. The van der Waals surface area contributed by atoms with Gasteiger partial charge in [-0.15, -0.1) is 11.6 Å². The molecule has 15 heavy (non-hydrogen) atoms. The van der Waals surface area contributed by atoms with Crippen LogP contribution < -0.4 is 5.32 Å². The molecule has 0 saturated carbocycles. The normalized spacial score (nSPS) is 12.1. The van der Waals surface area contributed by atoms with Crippen molar-refractivity contribution < 1.29 is 9.90 Å². The van der Waals surface area contributed by atoms with E-state index in [-0.39, 0.29) is 22.6 Å². The Hall–Kier alpha value is -1.29. The second-order valence-electron chi connectivity index (χ2n) is 3.11. The van der Waals surface area contributed by atoms with Gasteiger partial charge in [-0.2, -0.15) is 0 Å². The maximum Gasteiger partial charge on any atom is 0.255 e. The van der Waals surface area contributed by atoms with E-state index in [0.717, 1.165) is 6.42 Å². The van der Waals surface area contributed by atoms with Gasteiger partial charge >= 0.3 is 0 Å². The zero-order valence-electron chi connectivity index (χ0n) is 8.40. The number of carbonyl (C=O) groups is 1. The maximum atomic E-state index is 11.5. The summed E-state index contributed by atoms with van der Waals surface area (Å²) in [4.78, 5) is 15.2. The van der Waals surface area contributed by atoms with Crippen LogP contribution in [0.1, 0.15) is 23.7 Å². The highest BCUT2D eigenvalue weighted by Crippen LogP contribution is 2.13.